The van der Waals surface area contributed by atoms with Gasteiger partial charge in [0.15, 0.2) is 10.9 Å². The van der Waals surface area contributed by atoms with Crippen molar-refractivity contribution in [2.24, 2.45) is 0 Å². The minimum Gasteiger partial charge on any atom is -0.330 e. The van der Waals surface area contributed by atoms with E-state index in [1.165, 1.54) is 27.5 Å². The van der Waals surface area contributed by atoms with Crippen molar-refractivity contribution in [2.75, 3.05) is 10.6 Å². The summed E-state index contributed by atoms with van der Waals surface area (Å²) in [5, 5.41) is 18.3. The fourth-order valence-electron chi connectivity index (χ4n) is 3.88. The summed E-state index contributed by atoms with van der Waals surface area (Å²) in [5.41, 5.74) is 4.55. The van der Waals surface area contributed by atoms with Crippen molar-refractivity contribution in [1.29, 1.82) is 0 Å². The molecule has 2 heterocycles. The van der Waals surface area contributed by atoms with Gasteiger partial charge in [-0.05, 0) is 46.6 Å². The molecular weight excluding hydrogens is 428 g/mol. The van der Waals surface area contributed by atoms with E-state index in [9.17, 15) is 0 Å². The summed E-state index contributed by atoms with van der Waals surface area (Å²) in [6.45, 7) is 3.51. The van der Waals surface area contributed by atoms with Crippen molar-refractivity contribution in [3.8, 4) is 0 Å². The van der Waals surface area contributed by atoms with Gasteiger partial charge in [0.05, 0.1) is 25.0 Å². The second-order valence-corrected chi connectivity index (χ2v) is 8.38. The lowest BCUT2D eigenvalue weighted by Gasteiger charge is -2.08. The lowest BCUT2D eigenvalue weighted by atomic mass is 10.0. The maximum absolute atomic E-state index is 5.47. The Hall–Kier alpha value is -3.97. The third-order valence-electron chi connectivity index (χ3n) is 5.58. The lowest BCUT2D eigenvalue weighted by molar-refractivity contribution is 0.684. The summed E-state index contributed by atoms with van der Waals surface area (Å²) in [7, 11) is 0. The monoisotopic (exact) mass is 452 g/mol. The number of nitrogens with one attached hydrogen (secondary N) is 2. The van der Waals surface area contributed by atoms with E-state index in [2.05, 4.69) is 82.4 Å². The van der Waals surface area contributed by atoms with Crippen LogP contribution in [-0.4, -0.2) is 24.7 Å². The molecule has 0 saturated carbocycles. The molecule has 164 valence electrons. The fraction of sp³-hybridized carbons (Fsp3) is 0.115. The van der Waals surface area contributed by atoms with Gasteiger partial charge in [-0.2, -0.15) is 10.2 Å². The summed E-state index contributed by atoms with van der Waals surface area (Å²) in [5.74, 6) is 0.694. The van der Waals surface area contributed by atoms with Gasteiger partial charge >= 0.3 is 0 Å². The van der Waals surface area contributed by atoms with Crippen LogP contribution in [-0.2, 0) is 13.1 Å². The molecule has 5 rings (SSSR count). The molecule has 3 aromatic carbocycles. The molecule has 0 aliphatic heterocycles. The molecular formula is C26H24N6S. The first-order valence-electron chi connectivity index (χ1n) is 10.8. The van der Waals surface area contributed by atoms with Gasteiger partial charge < -0.3 is 10.6 Å². The van der Waals surface area contributed by atoms with Gasteiger partial charge in [0.1, 0.15) is 0 Å². The van der Waals surface area contributed by atoms with E-state index in [4.69, 9.17) is 12.2 Å². The Morgan fingerprint density at radius 3 is 2.52 bits per heavy atom. The number of aryl methyl sites for hydroxylation is 1. The summed E-state index contributed by atoms with van der Waals surface area (Å²) in [4.78, 5) is 0. The molecule has 2 N–H and O–H groups in total. The molecule has 0 saturated heterocycles. The number of aromatic nitrogens is 4. The molecule has 2 aromatic heterocycles. The van der Waals surface area contributed by atoms with Crippen LogP contribution in [0.2, 0.25) is 0 Å². The predicted molar refractivity (Wildman–Crippen MR) is 138 cm³/mol. The van der Waals surface area contributed by atoms with Crippen molar-refractivity contribution < 1.29 is 0 Å². The normalized spacial score (nSPS) is 10.9. The van der Waals surface area contributed by atoms with E-state index in [-0.39, 0.29) is 0 Å². The van der Waals surface area contributed by atoms with Crippen LogP contribution in [0.1, 0.15) is 16.7 Å². The molecule has 5 aromatic rings. The van der Waals surface area contributed by atoms with Crippen LogP contribution < -0.4 is 10.6 Å². The Morgan fingerprint density at radius 1 is 0.848 bits per heavy atom. The Labute approximate surface area is 197 Å². The summed E-state index contributed by atoms with van der Waals surface area (Å²) >= 11 is 5.47. The van der Waals surface area contributed by atoms with Gasteiger partial charge in [-0.15, -0.1) is 0 Å². The number of nitrogens with zero attached hydrogens (tertiary/aromatic N) is 4. The van der Waals surface area contributed by atoms with Crippen LogP contribution in [0.5, 0.6) is 0 Å². The first-order valence-corrected chi connectivity index (χ1v) is 11.2. The molecule has 0 fully saturated rings. The third kappa shape index (κ3) is 4.94. The summed E-state index contributed by atoms with van der Waals surface area (Å²) in [6, 6.07) is 25.0. The van der Waals surface area contributed by atoms with Crippen molar-refractivity contribution in [1.82, 2.24) is 19.6 Å². The largest absolute Gasteiger partial charge is 0.330 e. The number of hydrogen-bond acceptors (Lipinski definition) is 3. The van der Waals surface area contributed by atoms with Crippen molar-refractivity contribution in [3.63, 3.8) is 0 Å². The molecule has 0 radical (unpaired) electrons. The van der Waals surface area contributed by atoms with E-state index < -0.39 is 0 Å². The standard InChI is InChI=1S/C26H24N6S/c1-19-7-2-3-9-21(19)16-32-18-23(15-27-32)28-26(33)29-25-13-14-31(30-25)17-22-11-6-10-20-8-4-5-12-24(20)22/h2-15,18H,16-17H2,1H3,(H2,28,29,30,33). The Kier molecular flexibility index (Phi) is 5.87. The molecule has 0 unspecified atom stereocenters. The third-order valence-corrected chi connectivity index (χ3v) is 5.78. The van der Waals surface area contributed by atoms with Gasteiger partial charge in [-0.1, -0.05) is 66.7 Å². The zero-order valence-corrected chi connectivity index (χ0v) is 19.1. The van der Waals surface area contributed by atoms with Crippen molar-refractivity contribution in [2.45, 2.75) is 20.0 Å². The molecule has 0 aliphatic carbocycles. The number of fused-ring (bicyclic) bond motifs is 1. The molecule has 0 bridgehead atoms. The fourth-order valence-corrected chi connectivity index (χ4v) is 4.10. The van der Waals surface area contributed by atoms with Gasteiger partial charge in [-0.25, -0.2) is 0 Å². The zero-order valence-electron chi connectivity index (χ0n) is 18.3. The van der Waals surface area contributed by atoms with Crippen molar-refractivity contribution in [3.05, 3.63) is 108 Å². The second-order valence-electron chi connectivity index (χ2n) is 7.97. The van der Waals surface area contributed by atoms with Gasteiger partial charge in [0, 0.05) is 18.5 Å². The van der Waals surface area contributed by atoms with E-state index >= 15 is 0 Å². The Balaban J connectivity index is 1.20. The maximum Gasteiger partial charge on any atom is 0.176 e. The van der Waals surface area contributed by atoms with Crippen LogP contribution in [0.4, 0.5) is 11.5 Å². The van der Waals surface area contributed by atoms with Gasteiger partial charge in [0.25, 0.3) is 0 Å². The summed E-state index contributed by atoms with van der Waals surface area (Å²) in [6.07, 6.45) is 5.66. The average molecular weight is 453 g/mol. The van der Waals surface area contributed by atoms with E-state index in [1.807, 2.05) is 40.0 Å². The van der Waals surface area contributed by atoms with E-state index in [0.717, 1.165) is 5.69 Å². The highest BCUT2D eigenvalue weighted by Gasteiger charge is 2.07. The molecule has 0 atom stereocenters. The maximum atomic E-state index is 5.47. The number of thiocarbonyl (C=S) groups is 1. The van der Waals surface area contributed by atoms with Crippen LogP contribution in [0.15, 0.2) is 91.4 Å². The molecule has 0 amide bonds. The smallest absolute Gasteiger partial charge is 0.176 e. The molecule has 0 spiro atoms. The topological polar surface area (TPSA) is 59.7 Å². The van der Waals surface area contributed by atoms with Crippen LogP contribution >= 0.6 is 12.2 Å². The zero-order chi connectivity index (χ0) is 22.6. The van der Waals surface area contributed by atoms with Crippen LogP contribution in [0.3, 0.4) is 0 Å². The number of hydrogen-bond donors (Lipinski definition) is 2. The Bertz CT molecular complexity index is 1410. The van der Waals surface area contributed by atoms with E-state index in [1.54, 1.807) is 6.20 Å². The van der Waals surface area contributed by atoms with Crippen molar-refractivity contribution >= 4 is 39.6 Å². The minimum atomic E-state index is 0.473. The molecule has 6 nitrogen and oxygen atoms in total. The molecule has 33 heavy (non-hydrogen) atoms. The highest BCUT2D eigenvalue weighted by Crippen LogP contribution is 2.19. The minimum absolute atomic E-state index is 0.473. The first kappa shape index (κ1) is 20.9. The van der Waals surface area contributed by atoms with Gasteiger partial charge in [0.2, 0.25) is 0 Å². The van der Waals surface area contributed by atoms with Crippen LogP contribution in [0, 0.1) is 6.92 Å². The van der Waals surface area contributed by atoms with E-state index in [0.29, 0.717) is 24.0 Å². The predicted octanol–water partition coefficient (Wildman–Crippen LogP) is 5.45. The molecule has 7 heteroatoms. The molecule has 0 aliphatic rings. The Morgan fingerprint density at radius 2 is 1.61 bits per heavy atom. The quantitative estimate of drug-likeness (QED) is 0.336. The second kappa shape index (κ2) is 9.26. The number of rotatable bonds is 6. The average Bonchev–Trinajstić information content (AvgIpc) is 3.44. The number of anilines is 2. The highest BCUT2D eigenvalue weighted by atomic mass is 32.1. The van der Waals surface area contributed by atoms with Crippen LogP contribution in [0.25, 0.3) is 10.8 Å². The summed E-state index contributed by atoms with van der Waals surface area (Å²) < 4.78 is 3.80. The highest BCUT2D eigenvalue weighted by molar-refractivity contribution is 7.80. The number of benzene rings is 3. The lowest BCUT2D eigenvalue weighted by Crippen LogP contribution is -2.19. The first-order chi connectivity index (χ1) is 16.1. The SMILES string of the molecule is Cc1ccccc1Cn1cc(NC(=S)Nc2ccn(Cc3cccc4ccccc34)n2)cn1. The van der Waals surface area contributed by atoms with Gasteiger partial charge in [-0.3, -0.25) is 9.36 Å².